The molecule has 3 aliphatic rings. The molecule has 0 amide bonds. The number of piperidine rings is 1. The van der Waals surface area contributed by atoms with Crippen LogP contribution in [0.15, 0.2) is 0 Å². The van der Waals surface area contributed by atoms with Crippen molar-refractivity contribution in [1.82, 2.24) is 10.2 Å². The Kier molecular flexibility index (Phi) is 4.22. The van der Waals surface area contributed by atoms with Gasteiger partial charge in [0.1, 0.15) is 0 Å². The van der Waals surface area contributed by atoms with Crippen LogP contribution >= 0.6 is 0 Å². The lowest BCUT2D eigenvalue weighted by Gasteiger charge is -2.35. The van der Waals surface area contributed by atoms with Crippen LogP contribution in [0.25, 0.3) is 0 Å². The first-order valence-corrected chi connectivity index (χ1v) is 7.94. The van der Waals surface area contributed by atoms with Crippen LogP contribution in [0.1, 0.15) is 51.9 Å². The molecular weight excluding hydrogens is 224 g/mol. The van der Waals surface area contributed by atoms with Crippen molar-refractivity contribution >= 4 is 0 Å². The van der Waals surface area contributed by atoms with Gasteiger partial charge in [0.15, 0.2) is 0 Å². The second kappa shape index (κ2) is 5.89. The van der Waals surface area contributed by atoms with Gasteiger partial charge < -0.3 is 10.1 Å². The van der Waals surface area contributed by atoms with Crippen LogP contribution in [0.5, 0.6) is 0 Å². The molecule has 3 heteroatoms. The molecule has 2 aliphatic heterocycles. The maximum Gasteiger partial charge on any atom is 0.0707 e. The Morgan fingerprint density at radius 1 is 1.06 bits per heavy atom. The average molecular weight is 252 g/mol. The number of hydrogen-bond donors (Lipinski definition) is 1. The van der Waals surface area contributed by atoms with Crippen molar-refractivity contribution in [2.24, 2.45) is 0 Å². The summed E-state index contributed by atoms with van der Waals surface area (Å²) in [6.45, 7) is 5.91. The molecule has 0 spiro atoms. The quantitative estimate of drug-likeness (QED) is 0.811. The molecule has 1 saturated carbocycles. The fourth-order valence-corrected chi connectivity index (χ4v) is 3.34. The number of nitrogens with one attached hydrogen (secondary N) is 1. The summed E-state index contributed by atoms with van der Waals surface area (Å²) in [4.78, 5) is 2.64. The summed E-state index contributed by atoms with van der Waals surface area (Å²) in [6, 6.07) is 1.58. The zero-order chi connectivity index (χ0) is 12.4. The summed E-state index contributed by atoms with van der Waals surface area (Å²) < 4.78 is 6.19. The summed E-state index contributed by atoms with van der Waals surface area (Å²) >= 11 is 0. The average Bonchev–Trinajstić information content (AvgIpc) is 3.10. The minimum absolute atomic E-state index is 0.482. The Morgan fingerprint density at radius 3 is 2.67 bits per heavy atom. The highest BCUT2D eigenvalue weighted by molar-refractivity contribution is 4.85. The first-order chi connectivity index (χ1) is 8.81. The fourth-order valence-electron chi connectivity index (χ4n) is 3.34. The molecule has 3 unspecified atom stereocenters. The molecule has 3 nitrogen and oxygen atoms in total. The summed E-state index contributed by atoms with van der Waals surface area (Å²) in [5.74, 6) is 0. The molecule has 2 heterocycles. The second-order valence-electron chi connectivity index (χ2n) is 6.48. The standard InChI is InChI=1S/C15H28N2O/c1-12-4-2-3-9-17(12)11-15-8-7-14(18-15)10-16-13-5-6-13/h12-16H,2-11H2,1H3. The van der Waals surface area contributed by atoms with E-state index in [-0.39, 0.29) is 0 Å². The molecule has 3 rings (SSSR count). The van der Waals surface area contributed by atoms with E-state index in [1.54, 1.807) is 0 Å². The van der Waals surface area contributed by atoms with Gasteiger partial charge in [0.25, 0.3) is 0 Å². The van der Waals surface area contributed by atoms with Crippen LogP contribution < -0.4 is 5.32 Å². The lowest BCUT2D eigenvalue weighted by molar-refractivity contribution is 0.00965. The van der Waals surface area contributed by atoms with Gasteiger partial charge in [-0.3, -0.25) is 4.90 Å². The van der Waals surface area contributed by atoms with Gasteiger partial charge in [-0.05, 0) is 52.0 Å². The van der Waals surface area contributed by atoms with Crippen molar-refractivity contribution in [3.8, 4) is 0 Å². The van der Waals surface area contributed by atoms with Crippen LogP contribution in [0.4, 0.5) is 0 Å². The van der Waals surface area contributed by atoms with Crippen molar-refractivity contribution < 1.29 is 4.74 Å². The van der Waals surface area contributed by atoms with Crippen LogP contribution in [0.2, 0.25) is 0 Å². The topological polar surface area (TPSA) is 24.5 Å². The SMILES string of the molecule is CC1CCCCN1CC1CCC(CNC2CC2)O1. The van der Waals surface area contributed by atoms with Crippen LogP contribution in [-0.2, 0) is 4.74 Å². The van der Waals surface area contributed by atoms with Crippen molar-refractivity contribution in [2.75, 3.05) is 19.6 Å². The Labute approximate surface area is 111 Å². The minimum Gasteiger partial charge on any atom is -0.372 e. The van der Waals surface area contributed by atoms with Gasteiger partial charge >= 0.3 is 0 Å². The normalized spacial score (nSPS) is 38.2. The van der Waals surface area contributed by atoms with E-state index in [1.807, 2.05) is 0 Å². The molecule has 1 N–H and O–H groups in total. The third kappa shape index (κ3) is 3.46. The van der Waals surface area contributed by atoms with Gasteiger partial charge in [0.2, 0.25) is 0 Å². The predicted molar refractivity (Wildman–Crippen MR) is 73.8 cm³/mol. The van der Waals surface area contributed by atoms with Gasteiger partial charge in [-0.15, -0.1) is 0 Å². The van der Waals surface area contributed by atoms with Gasteiger partial charge in [-0.1, -0.05) is 6.42 Å². The van der Waals surface area contributed by atoms with E-state index in [2.05, 4.69) is 17.1 Å². The molecular formula is C15H28N2O. The maximum atomic E-state index is 6.19. The molecule has 0 aromatic carbocycles. The second-order valence-corrected chi connectivity index (χ2v) is 6.48. The van der Waals surface area contributed by atoms with E-state index in [0.29, 0.717) is 12.2 Å². The molecule has 1 aliphatic carbocycles. The molecule has 2 saturated heterocycles. The van der Waals surface area contributed by atoms with E-state index in [0.717, 1.165) is 18.6 Å². The Balaban J connectivity index is 1.38. The zero-order valence-corrected chi connectivity index (χ0v) is 11.7. The first-order valence-electron chi connectivity index (χ1n) is 7.94. The molecule has 3 atom stereocenters. The predicted octanol–water partition coefficient (Wildman–Crippen LogP) is 2.16. The fraction of sp³-hybridized carbons (Fsp3) is 1.00. The van der Waals surface area contributed by atoms with Crippen LogP contribution in [0, 0.1) is 0 Å². The van der Waals surface area contributed by atoms with Crippen molar-refractivity contribution in [3.05, 3.63) is 0 Å². The molecule has 3 fully saturated rings. The highest BCUT2D eigenvalue weighted by Crippen LogP contribution is 2.25. The zero-order valence-electron chi connectivity index (χ0n) is 11.7. The minimum atomic E-state index is 0.482. The van der Waals surface area contributed by atoms with E-state index < -0.39 is 0 Å². The van der Waals surface area contributed by atoms with Gasteiger partial charge in [0.05, 0.1) is 12.2 Å². The van der Waals surface area contributed by atoms with E-state index >= 15 is 0 Å². The molecule has 0 bridgehead atoms. The van der Waals surface area contributed by atoms with Gasteiger partial charge in [0, 0.05) is 25.2 Å². The van der Waals surface area contributed by atoms with Crippen LogP contribution in [0.3, 0.4) is 0 Å². The van der Waals surface area contributed by atoms with Gasteiger partial charge in [-0.25, -0.2) is 0 Å². The number of hydrogen-bond acceptors (Lipinski definition) is 3. The third-order valence-corrected chi connectivity index (χ3v) is 4.79. The van der Waals surface area contributed by atoms with Crippen molar-refractivity contribution in [1.29, 1.82) is 0 Å². The Morgan fingerprint density at radius 2 is 1.89 bits per heavy atom. The molecule has 104 valence electrons. The lowest BCUT2D eigenvalue weighted by Crippen LogP contribution is -2.42. The highest BCUT2D eigenvalue weighted by atomic mass is 16.5. The summed E-state index contributed by atoms with van der Waals surface area (Å²) in [6.07, 6.45) is 10.4. The van der Waals surface area contributed by atoms with Gasteiger partial charge in [-0.2, -0.15) is 0 Å². The monoisotopic (exact) mass is 252 g/mol. The lowest BCUT2D eigenvalue weighted by atomic mass is 10.0. The molecule has 0 aromatic rings. The van der Waals surface area contributed by atoms with E-state index in [9.17, 15) is 0 Å². The molecule has 0 aromatic heterocycles. The molecule has 18 heavy (non-hydrogen) atoms. The van der Waals surface area contributed by atoms with E-state index in [1.165, 1.54) is 58.0 Å². The first kappa shape index (κ1) is 12.9. The summed E-state index contributed by atoms with van der Waals surface area (Å²) in [5, 5.41) is 3.59. The van der Waals surface area contributed by atoms with Crippen LogP contribution in [-0.4, -0.2) is 48.8 Å². The smallest absolute Gasteiger partial charge is 0.0707 e. The summed E-state index contributed by atoms with van der Waals surface area (Å²) in [5.41, 5.74) is 0. The summed E-state index contributed by atoms with van der Waals surface area (Å²) in [7, 11) is 0. The van der Waals surface area contributed by atoms with E-state index in [4.69, 9.17) is 4.74 Å². The number of rotatable bonds is 5. The number of ether oxygens (including phenoxy) is 1. The highest BCUT2D eigenvalue weighted by Gasteiger charge is 2.30. The maximum absolute atomic E-state index is 6.19. The Bertz CT molecular complexity index is 267. The van der Waals surface area contributed by atoms with Crippen molar-refractivity contribution in [2.45, 2.75) is 76.2 Å². The largest absolute Gasteiger partial charge is 0.372 e. The Hall–Kier alpha value is -0.120. The third-order valence-electron chi connectivity index (χ3n) is 4.79. The number of likely N-dealkylation sites (tertiary alicyclic amines) is 1. The number of nitrogens with zero attached hydrogens (tertiary/aromatic N) is 1. The molecule has 0 radical (unpaired) electrons. The van der Waals surface area contributed by atoms with Crippen molar-refractivity contribution in [3.63, 3.8) is 0 Å².